The number of rotatable bonds is 3. The van der Waals surface area contributed by atoms with Crippen molar-refractivity contribution >= 4 is 5.69 Å². The molecule has 1 aromatic rings. The van der Waals surface area contributed by atoms with Crippen molar-refractivity contribution in [1.29, 1.82) is 0 Å². The number of nitrogens with two attached hydrogens (primary N) is 1. The van der Waals surface area contributed by atoms with Crippen LogP contribution in [0.15, 0.2) is 18.2 Å². The fourth-order valence-corrected chi connectivity index (χ4v) is 2.99. The molecule has 1 aromatic carbocycles. The summed E-state index contributed by atoms with van der Waals surface area (Å²) in [7, 11) is 0. The van der Waals surface area contributed by atoms with Gasteiger partial charge in [-0.2, -0.15) is 0 Å². The molecule has 92 valence electrons. The second-order valence-corrected chi connectivity index (χ2v) is 5.41. The first kappa shape index (κ1) is 12.0. The Morgan fingerprint density at radius 3 is 2.59 bits per heavy atom. The summed E-state index contributed by atoms with van der Waals surface area (Å²) < 4.78 is 0. The lowest BCUT2D eigenvalue weighted by molar-refractivity contribution is -0.385. The van der Waals surface area contributed by atoms with Gasteiger partial charge in [0, 0.05) is 17.5 Å². The zero-order chi connectivity index (χ0) is 12.8. The van der Waals surface area contributed by atoms with Crippen LogP contribution in [-0.2, 0) is 0 Å². The van der Waals surface area contributed by atoms with Gasteiger partial charge in [0.15, 0.2) is 0 Å². The minimum Gasteiger partial charge on any atom is -0.330 e. The van der Waals surface area contributed by atoms with E-state index in [-0.39, 0.29) is 21.9 Å². The van der Waals surface area contributed by atoms with Gasteiger partial charge in [0.2, 0.25) is 0 Å². The van der Waals surface area contributed by atoms with Crippen LogP contribution < -0.4 is 5.73 Å². The first-order valence-electron chi connectivity index (χ1n) is 5.85. The topological polar surface area (TPSA) is 69.2 Å². The Hall–Kier alpha value is -1.42. The molecule has 1 aliphatic rings. The molecule has 4 heteroatoms. The van der Waals surface area contributed by atoms with Crippen LogP contribution in [0.1, 0.15) is 30.9 Å². The lowest BCUT2D eigenvalue weighted by Crippen LogP contribution is -2.05. The lowest BCUT2D eigenvalue weighted by Gasteiger charge is -2.07. The number of hydrogen-bond donors (Lipinski definition) is 1. The standard InChI is InChI=1S/C13H18N2O2/c1-8-5-4-6-10(15(16)17)11(8)12-9(7-14)13(12,2)3/h4-6,9,12H,7,14H2,1-3H3. The fourth-order valence-electron chi connectivity index (χ4n) is 2.99. The highest BCUT2D eigenvalue weighted by molar-refractivity contribution is 5.51. The molecular weight excluding hydrogens is 216 g/mol. The zero-order valence-electron chi connectivity index (χ0n) is 10.4. The molecule has 4 nitrogen and oxygen atoms in total. The van der Waals surface area contributed by atoms with Crippen molar-refractivity contribution in [2.24, 2.45) is 17.1 Å². The predicted molar refractivity (Wildman–Crippen MR) is 66.9 cm³/mol. The predicted octanol–water partition coefficient (Wildman–Crippen LogP) is 2.60. The first-order chi connectivity index (χ1) is 7.91. The maximum absolute atomic E-state index is 11.1. The molecule has 17 heavy (non-hydrogen) atoms. The Bertz CT molecular complexity index is 468. The smallest absolute Gasteiger partial charge is 0.273 e. The SMILES string of the molecule is Cc1cccc([N+](=O)[O-])c1C1C(CN)C1(C)C. The fraction of sp³-hybridized carbons (Fsp3) is 0.538. The largest absolute Gasteiger partial charge is 0.330 e. The van der Waals surface area contributed by atoms with E-state index in [0.717, 1.165) is 11.1 Å². The number of benzene rings is 1. The molecular formula is C13H18N2O2. The molecule has 1 saturated carbocycles. The first-order valence-corrected chi connectivity index (χ1v) is 5.85. The molecule has 0 spiro atoms. The monoisotopic (exact) mass is 234 g/mol. The van der Waals surface area contributed by atoms with Crippen LogP contribution in [0, 0.1) is 28.4 Å². The van der Waals surface area contributed by atoms with Crippen LogP contribution in [0.2, 0.25) is 0 Å². The minimum atomic E-state index is -0.287. The molecule has 0 heterocycles. The molecule has 2 N–H and O–H groups in total. The third kappa shape index (κ3) is 1.72. The number of aryl methyl sites for hydroxylation is 1. The average Bonchev–Trinajstić information content (AvgIpc) is 2.79. The van der Waals surface area contributed by atoms with Crippen LogP contribution in [0.3, 0.4) is 0 Å². The molecule has 2 rings (SSSR count). The van der Waals surface area contributed by atoms with Gasteiger partial charge in [-0.05, 0) is 30.4 Å². The number of nitro benzene ring substituents is 1. The summed E-state index contributed by atoms with van der Waals surface area (Å²) >= 11 is 0. The van der Waals surface area contributed by atoms with E-state index in [1.807, 2.05) is 13.0 Å². The van der Waals surface area contributed by atoms with Crippen molar-refractivity contribution in [3.05, 3.63) is 39.4 Å². The molecule has 2 atom stereocenters. The normalized spacial score (nSPS) is 25.6. The van der Waals surface area contributed by atoms with Gasteiger partial charge in [-0.15, -0.1) is 0 Å². The van der Waals surface area contributed by atoms with Crippen LogP contribution in [0.25, 0.3) is 0 Å². The maximum atomic E-state index is 11.1. The molecule has 0 bridgehead atoms. The Morgan fingerprint density at radius 2 is 2.12 bits per heavy atom. The summed E-state index contributed by atoms with van der Waals surface area (Å²) in [6.45, 7) is 6.78. The van der Waals surface area contributed by atoms with Gasteiger partial charge in [0.05, 0.1) is 4.92 Å². The summed E-state index contributed by atoms with van der Waals surface area (Å²) in [4.78, 5) is 10.8. The second kappa shape index (κ2) is 3.81. The van der Waals surface area contributed by atoms with E-state index in [1.165, 1.54) is 0 Å². The van der Waals surface area contributed by atoms with Crippen molar-refractivity contribution in [2.75, 3.05) is 6.54 Å². The molecule has 0 radical (unpaired) electrons. The van der Waals surface area contributed by atoms with Crippen molar-refractivity contribution in [3.8, 4) is 0 Å². The minimum absolute atomic E-state index is 0.0750. The highest BCUT2D eigenvalue weighted by Crippen LogP contribution is 2.65. The third-order valence-corrected chi connectivity index (χ3v) is 4.11. The van der Waals surface area contributed by atoms with E-state index in [1.54, 1.807) is 12.1 Å². The van der Waals surface area contributed by atoms with Crippen molar-refractivity contribution in [2.45, 2.75) is 26.7 Å². The van der Waals surface area contributed by atoms with Gasteiger partial charge in [-0.25, -0.2) is 0 Å². The highest BCUT2D eigenvalue weighted by atomic mass is 16.6. The van der Waals surface area contributed by atoms with Gasteiger partial charge in [0.25, 0.3) is 5.69 Å². The summed E-state index contributed by atoms with van der Waals surface area (Å²) in [5, 5.41) is 11.1. The summed E-state index contributed by atoms with van der Waals surface area (Å²) in [6, 6.07) is 5.26. The van der Waals surface area contributed by atoms with E-state index >= 15 is 0 Å². The van der Waals surface area contributed by atoms with Crippen molar-refractivity contribution < 1.29 is 4.92 Å². The van der Waals surface area contributed by atoms with E-state index in [2.05, 4.69) is 13.8 Å². The molecule has 0 aliphatic heterocycles. The Labute approximate surface area is 101 Å². The second-order valence-electron chi connectivity index (χ2n) is 5.41. The van der Waals surface area contributed by atoms with Gasteiger partial charge < -0.3 is 5.73 Å². The van der Waals surface area contributed by atoms with Gasteiger partial charge in [-0.3, -0.25) is 10.1 Å². The number of hydrogen-bond acceptors (Lipinski definition) is 3. The van der Waals surface area contributed by atoms with E-state index in [4.69, 9.17) is 5.73 Å². The van der Waals surface area contributed by atoms with Gasteiger partial charge in [-0.1, -0.05) is 26.0 Å². The van der Waals surface area contributed by atoms with Crippen molar-refractivity contribution in [1.82, 2.24) is 0 Å². The average molecular weight is 234 g/mol. The van der Waals surface area contributed by atoms with Crippen molar-refractivity contribution in [3.63, 3.8) is 0 Å². The van der Waals surface area contributed by atoms with Crippen LogP contribution in [0.5, 0.6) is 0 Å². The Morgan fingerprint density at radius 1 is 1.47 bits per heavy atom. The molecule has 0 aromatic heterocycles. The lowest BCUT2D eigenvalue weighted by atomic mass is 9.97. The Kier molecular flexibility index (Phi) is 2.70. The number of nitrogens with zero attached hydrogens (tertiary/aromatic N) is 1. The quantitative estimate of drug-likeness (QED) is 0.645. The van der Waals surface area contributed by atoms with Crippen LogP contribution in [0.4, 0.5) is 5.69 Å². The third-order valence-electron chi connectivity index (χ3n) is 4.11. The van der Waals surface area contributed by atoms with Crippen LogP contribution >= 0.6 is 0 Å². The summed E-state index contributed by atoms with van der Waals surface area (Å²) in [5.41, 5.74) is 7.92. The number of nitro groups is 1. The molecule has 1 fully saturated rings. The van der Waals surface area contributed by atoms with Gasteiger partial charge >= 0.3 is 0 Å². The Balaban J connectivity index is 2.50. The van der Waals surface area contributed by atoms with Crippen LogP contribution in [-0.4, -0.2) is 11.5 Å². The van der Waals surface area contributed by atoms with E-state index in [9.17, 15) is 10.1 Å². The molecule has 2 unspecified atom stereocenters. The summed E-state index contributed by atoms with van der Waals surface area (Å²) in [6.07, 6.45) is 0. The van der Waals surface area contributed by atoms with E-state index in [0.29, 0.717) is 12.5 Å². The maximum Gasteiger partial charge on any atom is 0.273 e. The highest BCUT2D eigenvalue weighted by Gasteiger charge is 2.59. The summed E-state index contributed by atoms with van der Waals surface area (Å²) in [5.74, 6) is 0.566. The zero-order valence-corrected chi connectivity index (χ0v) is 10.4. The van der Waals surface area contributed by atoms with E-state index < -0.39 is 0 Å². The molecule has 0 saturated heterocycles. The molecule has 1 aliphatic carbocycles. The van der Waals surface area contributed by atoms with Gasteiger partial charge in [0.1, 0.15) is 0 Å². The molecule has 0 amide bonds.